The Labute approximate surface area is 79.7 Å². The van der Waals surface area contributed by atoms with Gasteiger partial charge in [-0.25, -0.2) is 0 Å². The van der Waals surface area contributed by atoms with Gasteiger partial charge >= 0.3 is 5.97 Å². The third kappa shape index (κ3) is 6.31. The summed E-state index contributed by atoms with van der Waals surface area (Å²) in [7, 11) is 0. The van der Waals surface area contributed by atoms with Crippen molar-refractivity contribution >= 4 is 11.7 Å². The summed E-state index contributed by atoms with van der Waals surface area (Å²) in [5.74, 6) is -0.512. The number of carboxylic acid groups (broad SMARTS) is 1. The van der Waals surface area contributed by atoms with Crippen molar-refractivity contribution in [1.82, 2.24) is 0 Å². The van der Waals surface area contributed by atoms with Gasteiger partial charge in [0.05, 0.1) is 0 Å². The highest BCUT2D eigenvalue weighted by Crippen LogP contribution is 2.09. The summed E-state index contributed by atoms with van der Waals surface area (Å²) in [6.07, 6.45) is 3.14. The topological polar surface area (TPSA) is 61.2 Å². The monoisotopic (exact) mass is 184 g/mol. The Morgan fingerprint density at radius 3 is 2.46 bits per heavy atom. The minimum Gasteiger partial charge on any atom is -0.481 e. The SMILES string of the molecule is [CH2]CC(C)C(=N)CCCCC(=O)O. The fourth-order valence-corrected chi connectivity index (χ4v) is 1.01. The molecule has 0 saturated heterocycles. The number of nitrogens with one attached hydrogen (secondary N) is 1. The summed E-state index contributed by atoms with van der Waals surface area (Å²) in [4.78, 5) is 10.2. The second-order valence-corrected chi connectivity index (χ2v) is 3.32. The van der Waals surface area contributed by atoms with Gasteiger partial charge in [-0.15, -0.1) is 0 Å². The lowest BCUT2D eigenvalue weighted by Gasteiger charge is -2.09. The lowest BCUT2D eigenvalue weighted by atomic mass is 9.98. The standard InChI is InChI=1S/C10H18NO2/c1-3-8(2)9(11)6-4-5-7-10(12)13/h8,11H,1,3-7H2,2H3,(H,12,13). The first-order valence-corrected chi connectivity index (χ1v) is 4.66. The summed E-state index contributed by atoms with van der Waals surface area (Å²) in [6, 6.07) is 0. The van der Waals surface area contributed by atoms with Crippen LogP contribution in [0.15, 0.2) is 0 Å². The molecule has 0 aromatic heterocycles. The predicted molar refractivity (Wildman–Crippen MR) is 53.0 cm³/mol. The Kier molecular flexibility index (Phi) is 6.20. The van der Waals surface area contributed by atoms with Crippen molar-refractivity contribution in [2.75, 3.05) is 0 Å². The average Bonchev–Trinajstić information content (AvgIpc) is 2.10. The molecule has 0 fully saturated rings. The molecule has 0 aliphatic carbocycles. The molecule has 0 bridgehead atoms. The summed E-state index contributed by atoms with van der Waals surface area (Å²) in [5.41, 5.74) is 0.695. The second kappa shape index (κ2) is 6.63. The van der Waals surface area contributed by atoms with E-state index in [1.807, 2.05) is 6.92 Å². The van der Waals surface area contributed by atoms with Crippen LogP contribution in [0, 0.1) is 18.3 Å². The van der Waals surface area contributed by atoms with Crippen molar-refractivity contribution < 1.29 is 9.90 Å². The van der Waals surface area contributed by atoms with Gasteiger partial charge in [-0.3, -0.25) is 4.79 Å². The van der Waals surface area contributed by atoms with Crippen LogP contribution < -0.4 is 0 Å². The fourth-order valence-electron chi connectivity index (χ4n) is 1.01. The van der Waals surface area contributed by atoms with Crippen LogP contribution in [0.1, 0.15) is 39.0 Å². The van der Waals surface area contributed by atoms with Gasteiger partial charge in [0.15, 0.2) is 0 Å². The van der Waals surface area contributed by atoms with E-state index in [0.717, 1.165) is 12.8 Å². The number of aliphatic carboxylic acids is 1. The van der Waals surface area contributed by atoms with Crippen molar-refractivity contribution in [3.05, 3.63) is 6.92 Å². The predicted octanol–water partition coefficient (Wildman–Crippen LogP) is 2.51. The highest BCUT2D eigenvalue weighted by molar-refractivity contribution is 5.83. The maximum Gasteiger partial charge on any atom is 0.303 e. The van der Waals surface area contributed by atoms with Crippen molar-refractivity contribution in [1.29, 1.82) is 5.41 Å². The first kappa shape index (κ1) is 12.1. The van der Waals surface area contributed by atoms with Crippen LogP contribution in [0.4, 0.5) is 0 Å². The van der Waals surface area contributed by atoms with Crippen molar-refractivity contribution in [3.63, 3.8) is 0 Å². The first-order valence-electron chi connectivity index (χ1n) is 4.66. The number of hydrogen-bond donors (Lipinski definition) is 2. The van der Waals surface area contributed by atoms with Crippen LogP contribution in [0.2, 0.25) is 0 Å². The Bertz CT molecular complexity index is 178. The molecule has 0 rings (SSSR count). The van der Waals surface area contributed by atoms with Gasteiger partial charge < -0.3 is 10.5 Å². The zero-order valence-corrected chi connectivity index (χ0v) is 8.18. The number of hydrogen-bond acceptors (Lipinski definition) is 2. The van der Waals surface area contributed by atoms with E-state index in [1.54, 1.807) is 0 Å². The minimum atomic E-state index is -0.753. The molecular formula is C10H18NO2. The molecule has 2 N–H and O–H groups in total. The van der Waals surface area contributed by atoms with Gasteiger partial charge in [-0.05, 0) is 31.6 Å². The van der Waals surface area contributed by atoms with E-state index in [2.05, 4.69) is 6.92 Å². The van der Waals surface area contributed by atoms with Gasteiger partial charge in [0, 0.05) is 12.1 Å². The number of rotatable bonds is 7. The Morgan fingerprint density at radius 1 is 1.46 bits per heavy atom. The molecule has 3 nitrogen and oxygen atoms in total. The van der Waals surface area contributed by atoms with Crippen LogP contribution in [0.25, 0.3) is 0 Å². The van der Waals surface area contributed by atoms with Gasteiger partial charge in [0.2, 0.25) is 0 Å². The van der Waals surface area contributed by atoms with E-state index < -0.39 is 5.97 Å². The number of carbonyl (C=O) groups is 1. The van der Waals surface area contributed by atoms with E-state index in [9.17, 15) is 4.79 Å². The molecule has 0 aliphatic rings. The Hall–Kier alpha value is -0.860. The third-order valence-corrected chi connectivity index (χ3v) is 2.11. The lowest BCUT2D eigenvalue weighted by Crippen LogP contribution is -2.08. The molecule has 0 aromatic rings. The van der Waals surface area contributed by atoms with Gasteiger partial charge in [0.25, 0.3) is 0 Å². The zero-order valence-electron chi connectivity index (χ0n) is 8.18. The van der Waals surface area contributed by atoms with Crippen LogP contribution >= 0.6 is 0 Å². The molecule has 1 atom stereocenters. The molecule has 0 spiro atoms. The molecule has 13 heavy (non-hydrogen) atoms. The highest BCUT2D eigenvalue weighted by atomic mass is 16.4. The average molecular weight is 184 g/mol. The largest absolute Gasteiger partial charge is 0.481 e. The molecule has 1 unspecified atom stereocenters. The molecule has 0 aromatic carbocycles. The Balaban J connectivity index is 3.42. The smallest absolute Gasteiger partial charge is 0.303 e. The Morgan fingerprint density at radius 2 is 2.00 bits per heavy atom. The van der Waals surface area contributed by atoms with E-state index >= 15 is 0 Å². The summed E-state index contributed by atoms with van der Waals surface area (Å²) in [6.45, 7) is 5.71. The molecule has 3 heteroatoms. The number of carboxylic acids is 1. The van der Waals surface area contributed by atoms with E-state index in [-0.39, 0.29) is 12.3 Å². The molecule has 75 valence electrons. The normalized spacial score (nSPS) is 12.5. The molecule has 0 heterocycles. The summed E-state index contributed by atoms with van der Waals surface area (Å²) < 4.78 is 0. The van der Waals surface area contributed by atoms with E-state index in [0.29, 0.717) is 18.6 Å². The summed E-state index contributed by atoms with van der Waals surface area (Å²) in [5, 5.41) is 16.0. The van der Waals surface area contributed by atoms with Crippen LogP contribution in [0.5, 0.6) is 0 Å². The maximum absolute atomic E-state index is 10.2. The van der Waals surface area contributed by atoms with Gasteiger partial charge in [-0.1, -0.05) is 13.8 Å². The van der Waals surface area contributed by atoms with Crippen LogP contribution in [-0.2, 0) is 4.79 Å². The maximum atomic E-state index is 10.2. The van der Waals surface area contributed by atoms with Crippen molar-refractivity contribution in [3.8, 4) is 0 Å². The number of unbranched alkanes of at least 4 members (excludes halogenated alkanes) is 1. The highest BCUT2D eigenvalue weighted by Gasteiger charge is 2.06. The molecule has 0 aliphatic heterocycles. The van der Waals surface area contributed by atoms with Crippen molar-refractivity contribution in [2.45, 2.75) is 39.0 Å². The summed E-state index contributed by atoms with van der Waals surface area (Å²) >= 11 is 0. The quantitative estimate of drug-likeness (QED) is 0.471. The minimum absolute atomic E-state index is 0.214. The lowest BCUT2D eigenvalue weighted by molar-refractivity contribution is -0.137. The van der Waals surface area contributed by atoms with Gasteiger partial charge in [-0.2, -0.15) is 0 Å². The first-order chi connectivity index (χ1) is 6.07. The van der Waals surface area contributed by atoms with Crippen LogP contribution in [0.3, 0.4) is 0 Å². The van der Waals surface area contributed by atoms with Gasteiger partial charge in [0.1, 0.15) is 0 Å². The van der Waals surface area contributed by atoms with E-state index in [4.69, 9.17) is 10.5 Å². The fraction of sp³-hybridized carbons (Fsp3) is 0.700. The molecular weight excluding hydrogens is 166 g/mol. The molecule has 1 radical (unpaired) electrons. The van der Waals surface area contributed by atoms with Crippen LogP contribution in [-0.4, -0.2) is 16.8 Å². The molecule has 0 amide bonds. The zero-order chi connectivity index (χ0) is 10.3. The van der Waals surface area contributed by atoms with E-state index in [1.165, 1.54) is 0 Å². The molecule has 0 saturated carbocycles. The van der Waals surface area contributed by atoms with Crippen molar-refractivity contribution in [2.24, 2.45) is 5.92 Å². The third-order valence-electron chi connectivity index (χ3n) is 2.11. The second-order valence-electron chi connectivity index (χ2n) is 3.32.